The van der Waals surface area contributed by atoms with Crippen molar-refractivity contribution in [3.8, 4) is 5.75 Å². The van der Waals surface area contributed by atoms with Crippen LogP contribution in [0.4, 0.5) is 0 Å². The second-order valence-electron chi connectivity index (χ2n) is 4.95. The summed E-state index contributed by atoms with van der Waals surface area (Å²) < 4.78 is 5.65. The van der Waals surface area contributed by atoms with Crippen LogP contribution in [0.25, 0.3) is 0 Å². The normalized spacial score (nSPS) is 16.3. The van der Waals surface area contributed by atoms with Crippen LogP contribution < -0.4 is 10.1 Å². The molecule has 0 aliphatic heterocycles. The number of carbonyl (C=O) groups is 1. The van der Waals surface area contributed by atoms with Crippen molar-refractivity contribution in [1.29, 1.82) is 0 Å². The van der Waals surface area contributed by atoms with Crippen molar-refractivity contribution in [2.75, 3.05) is 6.54 Å². The van der Waals surface area contributed by atoms with E-state index in [0.717, 1.165) is 30.6 Å². The van der Waals surface area contributed by atoms with Crippen LogP contribution in [0.2, 0.25) is 0 Å². The van der Waals surface area contributed by atoms with Crippen LogP contribution in [-0.4, -0.2) is 24.5 Å². The van der Waals surface area contributed by atoms with Gasteiger partial charge in [-0.2, -0.15) is 0 Å². The highest BCUT2D eigenvalue weighted by atomic mass is 16.5. The number of hydrogen-bond donors (Lipinski definition) is 1. The topological polar surface area (TPSA) is 38.3 Å². The molecule has 1 aromatic carbocycles. The molecule has 0 saturated heterocycles. The van der Waals surface area contributed by atoms with Gasteiger partial charge in [-0.1, -0.05) is 6.92 Å². The lowest BCUT2D eigenvalue weighted by Crippen LogP contribution is -2.30. The Balaban J connectivity index is 1.85. The highest BCUT2D eigenvalue weighted by Gasteiger charge is 2.23. The smallest absolute Gasteiger partial charge is 0.176 e. The highest BCUT2D eigenvalue weighted by Crippen LogP contribution is 2.26. The molecule has 0 spiro atoms. The Labute approximate surface area is 109 Å². The van der Waals surface area contributed by atoms with E-state index in [1.807, 2.05) is 24.3 Å². The lowest BCUT2D eigenvalue weighted by Gasteiger charge is -2.10. The van der Waals surface area contributed by atoms with Crippen molar-refractivity contribution < 1.29 is 9.53 Å². The fourth-order valence-corrected chi connectivity index (χ4v) is 1.61. The molecular formula is C15H21NO2. The number of hydrogen-bond acceptors (Lipinski definition) is 3. The zero-order valence-electron chi connectivity index (χ0n) is 11.1. The van der Waals surface area contributed by atoms with Crippen LogP contribution in [0.3, 0.4) is 0 Å². The number of rotatable bonds is 7. The molecular weight excluding hydrogens is 226 g/mol. The van der Waals surface area contributed by atoms with Gasteiger partial charge in [0.1, 0.15) is 5.75 Å². The number of ketones is 1. The number of nitrogens with one attached hydrogen (secondary N) is 1. The van der Waals surface area contributed by atoms with Crippen LogP contribution in [0.15, 0.2) is 24.3 Å². The summed E-state index contributed by atoms with van der Waals surface area (Å²) in [5.41, 5.74) is 0.744. The molecule has 1 aliphatic rings. The molecule has 3 nitrogen and oxygen atoms in total. The summed E-state index contributed by atoms with van der Waals surface area (Å²) in [6.07, 6.45) is 3.74. The van der Waals surface area contributed by atoms with Gasteiger partial charge < -0.3 is 10.1 Å². The second-order valence-corrected chi connectivity index (χ2v) is 4.95. The van der Waals surface area contributed by atoms with E-state index < -0.39 is 0 Å². The molecule has 1 N–H and O–H groups in total. The molecule has 1 aromatic rings. The van der Waals surface area contributed by atoms with Gasteiger partial charge in [0.2, 0.25) is 0 Å². The van der Waals surface area contributed by atoms with Gasteiger partial charge in [-0.05, 0) is 50.5 Å². The molecule has 1 atom stereocenters. The van der Waals surface area contributed by atoms with Crippen molar-refractivity contribution in [2.24, 2.45) is 0 Å². The molecule has 0 aromatic heterocycles. The van der Waals surface area contributed by atoms with Crippen molar-refractivity contribution in [2.45, 2.75) is 45.3 Å². The highest BCUT2D eigenvalue weighted by molar-refractivity contribution is 5.97. The SMILES string of the molecule is CCC(C)NCC(=O)c1ccc(OC2CC2)cc1. The summed E-state index contributed by atoms with van der Waals surface area (Å²) in [5.74, 6) is 0.997. The quantitative estimate of drug-likeness (QED) is 0.753. The molecule has 0 bridgehead atoms. The number of ether oxygens (including phenoxy) is 1. The molecule has 0 amide bonds. The Hall–Kier alpha value is -1.35. The van der Waals surface area contributed by atoms with Gasteiger partial charge >= 0.3 is 0 Å². The summed E-state index contributed by atoms with van der Waals surface area (Å²) in [4.78, 5) is 11.9. The first-order chi connectivity index (χ1) is 8.69. The van der Waals surface area contributed by atoms with E-state index in [4.69, 9.17) is 4.74 Å². The maximum atomic E-state index is 11.9. The zero-order valence-corrected chi connectivity index (χ0v) is 11.1. The van der Waals surface area contributed by atoms with Gasteiger partial charge in [0.25, 0.3) is 0 Å². The molecule has 18 heavy (non-hydrogen) atoms. The van der Waals surface area contributed by atoms with Gasteiger partial charge in [-0.3, -0.25) is 4.79 Å². The Morgan fingerprint density at radius 2 is 2.06 bits per heavy atom. The average Bonchev–Trinajstić information content (AvgIpc) is 3.20. The van der Waals surface area contributed by atoms with Crippen molar-refractivity contribution in [3.63, 3.8) is 0 Å². The Bertz CT molecular complexity index is 395. The van der Waals surface area contributed by atoms with E-state index in [1.54, 1.807) is 0 Å². The lowest BCUT2D eigenvalue weighted by atomic mass is 10.1. The minimum Gasteiger partial charge on any atom is -0.490 e. The number of Topliss-reactive ketones (excluding diaryl/α,β-unsaturated/α-hetero) is 1. The summed E-state index contributed by atoms with van der Waals surface area (Å²) in [7, 11) is 0. The van der Waals surface area contributed by atoms with Gasteiger partial charge in [0.15, 0.2) is 5.78 Å². The van der Waals surface area contributed by atoms with E-state index in [0.29, 0.717) is 18.7 Å². The molecule has 1 saturated carbocycles. The molecule has 1 aliphatic carbocycles. The Kier molecular flexibility index (Phi) is 4.37. The van der Waals surface area contributed by atoms with Gasteiger partial charge in [-0.15, -0.1) is 0 Å². The van der Waals surface area contributed by atoms with Crippen molar-refractivity contribution in [3.05, 3.63) is 29.8 Å². The largest absolute Gasteiger partial charge is 0.490 e. The second kappa shape index (κ2) is 6.01. The third kappa shape index (κ3) is 3.84. The van der Waals surface area contributed by atoms with E-state index in [2.05, 4.69) is 19.2 Å². The molecule has 3 heteroatoms. The summed E-state index contributed by atoms with van der Waals surface area (Å²) >= 11 is 0. The maximum Gasteiger partial charge on any atom is 0.176 e. The predicted octanol–water partition coefficient (Wildman–Crippen LogP) is 2.80. The maximum absolute atomic E-state index is 11.9. The summed E-state index contributed by atoms with van der Waals surface area (Å²) in [6, 6.07) is 7.84. The average molecular weight is 247 g/mol. The van der Waals surface area contributed by atoms with E-state index in [9.17, 15) is 4.79 Å². The fourth-order valence-electron chi connectivity index (χ4n) is 1.61. The number of benzene rings is 1. The van der Waals surface area contributed by atoms with Gasteiger partial charge in [-0.25, -0.2) is 0 Å². The third-order valence-electron chi connectivity index (χ3n) is 3.23. The van der Waals surface area contributed by atoms with E-state index in [1.165, 1.54) is 0 Å². The van der Waals surface area contributed by atoms with Crippen molar-refractivity contribution >= 4 is 5.78 Å². The fraction of sp³-hybridized carbons (Fsp3) is 0.533. The lowest BCUT2D eigenvalue weighted by molar-refractivity contribution is 0.0987. The standard InChI is InChI=1S/C15H21NO2/c1-3-11(2)16-10-15(17)12-4-6-13(7-5-12)18-14-8-9-14/h4-7,11,14,16H,3,8-10H2,1-2H3. The number of carbonyl (C=O) groups excluding carboxylic acids is 1. The first-order valence-electron chi connectivity index (χ1n) is 6.72. The molecule has 0 heterocycles. The molecule has 1 fully saturated rings. The first-order valence-corrected chi connectivity index (χ1v) is 6.72. The Morgan fingerprint density at radius 3 is 2.61 bits per heavy atom. The monoisotopic (exact) mass is 247 g/mol. The van der Waals surface area contributed by atoms with Gasteiger partial charge in [0, 0.05) is 11.6 Å². The van der Waals surface area contributed by atoms with Crippen LogP contribution >= 0.6 is 0 Å². The molecule has 0 radical (unpaired) electrons. The molecule has 98 valence electrons. The van der Waals surface area contributed by atoms with Crippen LogP contribution in [0.5, 0.6) is 5.75 Å². The summed E-state index contributed by atoms with van der Waals surface area (Å²) in [6.45, 7) is 4.59. The Morgan fingerprint density at radius 1 is 1.39 bits per heavy atom. The van der Waals surface area contributed by atoms with E-state index >= 15 is 0 Å². The predicted molar refractivity (Wildman–Crippen MR) is 72.2 cm³/mol. The molecule has 2 rings (SSSR count). The van der Waals surface area contributed by atoms with Gasteiger partial charge in [0.05, 0.1) is 12.6 Å². The summed E-state index contributed by atoms with van der Waals surface area (Å²) in [5, 5.41) is 3.21. The van der Waals surface area contributed by atoms with Crippen LogP contribution in [0.1, 0.15) is 43.5 Å². The first kappa shape index (κ1) is 13.1. The van der Waals surface area contributed by atoms with Crippen LogP contribution in [-0.2, 0) is 0 Å². The minimum absolute atomic E-state index is 0.133. The van der Waals surface area contributed by atoms with Crippen LogP contribution in [0, 0.1) is 0 Å². The van der Waals surface area contributed by atoms with Crippen molar-refractivity contribution in [1.82, 2.24) is 5.32 Å². The van der Waals surface area contributed by atoms with E-state index in [-0.39, 0.29) is 5.78 Å². The minimum atomic E-state index is 0.133. The molecule has 1 unspecified atom stereocenters. The third-order valence-corrected chi connectivity index (χ3v) is 3.23. The zero-order chi connectivity index (χ0) is 13.0.